The molecule has 3 rings (SSSR count). The molecule has 1 aliphatic heterocycles. The lowest BCUT2D eigenvalue weighted by Gasteiger charge is -2.30. The molecule has 3 nitrogen and oxygen atoms in total. The molecule has 3 heteroatoms. The first-order valence-electron chi connectivity index (χ1n) is 6.17. The molecule has 0 fully saturated rings. The predicted molar refractivity (Wildman–Crippen MR) is 72.0 cm³/mol. The molecule has 1 aromatic carbocycles. The highest BCUT2D eigenvalue weighted by molar-refractivity contribution is 5.49. The fourth-order valence-electron chi connectivity index (χ4n) is 2.43. The summed E-state index contributed by atoms with van der Waals surface area (Å²) in [6.45, 7) is 2.01. The normalized spacial score (nSPS) is 14.2. The molecule has 0 atom stereocenters. The van der Waals surface area contributed by atoms with Gasteiger partial charge in [-0.2, -0.15) is 0 Å². The quantitative estimate of drug-likeness (QED) is 0.807. The standard InChI is InChI=1S/C15H16N2O/c1-18-15-3-2-13-11-17(9-6-12(13)10-15)14-4-7-16-8-5-14/h2-5,7-8,10H,6,9,11H2,1H3. The summed E-state index contributed by atoms with van der Waals surface area (Å²) in [5, 5.41) is 0. The van der Waals surface area contributed by atoms with Gasteiger partial charge in [-0.05, 0) is 41.8 Å². The van der Waals surface area contributed by atoms with Crippen LogP contribution in [0.2, 0.25) is 0 Å². The molecule has 1 aliphatic rings. The first-order chi connectivity index (χ1) is 8.86. The van der Waals surface area contributed by atoms with Crippen molar-refractivity contribution in [1.82, 2.24) is 4.98 Å². The van der Waals surface area contributed by atoms with Crippen molar-refractivity contribution in [2.24, 2.45) is 0 Å². The average Bonchev–Trinajstić information content (AvgIpc) is 2.47. The Bertz CT molecular complexity index is 539. The van der Waals surface area contributed by atoms with Crippen molar-refractivity contribution in [2.75, 3.05) is 18.6 Å². The lowest BCUT2D eigenvalue weighted by Crippen LogP contribution is -2.30. The van der Waals surface area contributed by atoms with E-state index in [1.54, 1.807) is 7.11 Å². The lowest BCUT2D eigenvalue weighted by atomic mass is 9.99. The Morgan fingerprint density at radius 3 is 2.72 bits per heavy atom. The molecule has 0 N–H and O–H groups in total. The molecule has 0 saturated heterocycles. The number of fused-ring (bicyclic) bond motifs is 1. The van der Waals surface area contributed by atoms with E-state index in [1.807, 2.05) is 18.5 Å². The van der Waals surface area contributed by atoms with Crippen molar-refractivity contribution in [2.45, 2.75) is 13.0 Å². The highest BCUT2D eigenvalue weighted by Crippen LogP contribution is 2.26. The monoisotopic (exact) mass is 240 g/mol. The number of hydrogen-bond acceptors (Lipinski definition) is 3. The van der Waals surface area contributed by atoms with Gasteiger partial charge in [0.05, 0.1) is 7.11 Å². The van der Waals surface area contributed by atoms with E-state index >= 15 is 0 Å². The van der Waals surface area contributed by atoms with E-state index in [4.69, 9.17) is 4.74 Å². The molecule has 0 amide bonds. The third-order valence-corrected chi connectivity index (χ3v) is 3.45. The number of ether oxygens (including phenoxy) is 1. The third-order valence-electron chi connectivity index (χ3n) is 3.45. The maximum atomic E-state index is 5.27. The van der Waals surface area contributed by atoms with Gasteiger partial charge in [-0.15, -0.1) is 0 Å². The Morgan fingerprint density at radius 2 is 1.94 bits per heavy atom. The molecule has 2 heterocycles. The minimum atomic E-state index is 0.950. The van der Waals surface area contributed by atoms with Gasteiger partial charge < -0.3 is 9.64 Å². The number of aromatic nitrogens is 1. The van der Waals surface area contributed by atoms with E-state index in [2.05, 4.69) is 34.1 Å². The first kappa shape index (κ1) is 11.1. The van der Waals surface area contributed by atoms with E-state index in [1.165, 1.54) is 16.8 Å². The first-order valence-corrected chi connectivity index (χ1v) is 6.17. The molecule has 92 valence electrons. The van der Waals surface area contributed by atoms with Gasteiger partial charge in [-0.25, -0.2) is 0 Å². The van der Waals surface area contributed by atoms with Crippen LogP contribution in [0.5, 0.6) is 5.75 Å². The van der Waals surface area contributed by atoms with Crippen LogP contribution in [0, 0.1) is 0 Å². The molecule has 1 aromatic heterocycles. The number of methoxy groups -OCH3 is 1. The molecule has 0 saturated carbocycles. The zero-order valence-electron chi connectivity index (χ0n) is 10.5. The van der Waals surface area contributed by atoms with E-state index < -0.39 is 0 Å². The van der Waals surface area contributed by atoms with Gasteiger partial charge in [0.1, 0.15) is 5.75 Å². The molecule has 0 unspecified atom stereocenters. The minimum Gasteiger partial charge on any atom is -0.497 e. The van der Waals surface area contributed by atoms with Crippen LogP contribution in [0.3, 0.4) is 0 Å². The topological polar surface area (TPSA) is 25.4 Å². The minimum absolute atomic E-state index is 0.950. The Balaban J connectivity index is 1.85. The van der Waals surface area contributed by atoms with Gasteiger partial charge in [0.25, 0.3) is 0 Å². The smallest absolute Gasteiger partial charge is 0.119 e. The summed E-state index contributed by atoms with van der Waals surface area (Å²) in [4.78, 5) is 6.45. The number of anilines is 1. The number of pyridine rings is 1. The van der Waals surface area contributed by atoms with Gasteiger partial charge in [0.2, 0.25) is 0 Å². The van der Waals surface area contributed by atoms with Crippen molar-refractivity contribution in [3.05, 3.63) is 53.9 Å². The Morgan fingerprint density at radius 1 is 1.11 bits per heavy atom. The molecule has 2 aromatic rings. The van der Waals surface area contributed by atoms with Crippen molar-refractivity contribution in [1.29, 1.82) is 0 Å². The Kier molecular flexibility index (Phi) is 2.89. The van der Waals surface area contributed by atoms with Crippen LogP contribution >= 0.6 is 0 Å². The van der Waals surface area contributed by atoms with Crippen molar-refractivity contribution < 1.29 is 4.74 Å². The molecular formula is C15H16N2O. The molecule has 0 spiro atoms. The van der Waals surface area contributed by atoms with Crippen LogP contribution in [0.25, 0.3) is 0 Å². The highest BCUT2D eigenvalue weighted by Gasteiger charge is 2.16. The SMILES string of the molecule is COc1ccc2c(c1)CCN(c1ccncc1)C2. The average molecular weight is 240 g/mol. The second-order valence-corrected chi connectivity index (χ2v) is 4.51. The summed E-state index contributed by atoms with van der Waals surface area (Å²) < 4.78 is 5.27. The van der Waals surface area contributed by atoms with E-state index in [0.29, 0.717) is 0 Å². The van der Waals surface area contributed by atoms with E-state index in [-0.39, 0.29) is 0 Å². The van der Waals surface area contributed by atoms with Gasteiger partial charge >= 0.3 is 0 Å². The van der Waals surface area contributed by atoms with Crippen LogP contribution in [0.4, 0.5) is 5.69 Å². The van der Waals surface area contributed by atoms with Crippen LogP contribution in [-0.2, 0) is 13.0 Å². The Labute approximate surface area is 107 Å². The van der Waals surface area contributed by atoms with Crippen LogP contribution in [-0.4, -0.2) is 18.6 Å². The van der Waals surface area contributed by atoms with Gasteiger partial charge in [-0.3, -0.25) is 4.98 Å². The summed E-state index contributed by atoms with van der Waals surface area (Å²) in [6.07, 6.45) is 4.76. The van der Waals surface area contributed by atoms with Crippen LogP contribution < -0.4 is 9.64 Å². The summed E-state index contributed by atoms with van der Waals surface area (Å²) in [5.41, 5.74) is 4.03. The summed E-state index contributed by atoms with van der Waals surface area (Å²) >= 11 is 0. The van der Waals surface area contributed by atoms with Crippen LogP contribution in [0.15, 0.2) is 42.7 Å². The summed E-state index contributed by atoms with van der Waals surface area (Å²) in [6, 6.07) is 10.5. The van der Waals surface area contributed by atoms with Crippen molar-refractivity contribution in [3.8, 4) is 5.75 Å². The fraction of sp³-hybridized carbons (Fsp3) is 0.267. The number of benzene rings is 1. The van der Waals surface area contributed by atoms with Crippen molar-refractivity contribution in [3.63, 3.8) is 0 Å². The molecule has 0 radical (unpaired) electrons. The van der Waals surface area contributed by atoms with E-state index in [0.717, 1.165) is 25.3 Å². The second kappa shape index (κ2) is 4.69. The van der Waals surface area contributed by atoms with E-state index in [9.17, 15) is 0 Å². The molecular weight excluding hydrogens is 224 g/mol. The van der Waals surface area contributed by atoms with Crippen LogP contribution in [0.1, 0.15) is 11.1 Å². The summed E-state index contributed by atoms with van der Waals surface area (Å²) in [7, 11) is 1.72. The largest absolute Gasteiger partial charge is 0.497 e. The van der Waals surface area contributed by atoms with Crippen molar-refractivity contribution >= 4 is 5.69 Å². The highest BCUT2D eigenvalue weighted by atomic mass is 16.5. The second-order valence-electron chi connectivity index (χ2n) is 4.51. The number of hydrogen-bond donors (Lipinski definition) is 0. The lowest BCUT2D eigenvalue weighted by molar-refractivity contribution is 0.414. The summed E-state index contributed by atoms with van der Waals surface area (Å²) in [5.74, 6) is 0.950. The third kappa shape index (κ3) is 2.04. The molecule has 0 aliphatic carbocycles. The van der Waals surface area contributed by atoms with Gasteiger partial charge in [0, 0.05) is 31.2 Å². The number of nitrogens with zero attached hydrogens (tertiary/aromatic N) is 2. The van der Waals surface area contributed by atoms with Gasteiger partial charge in [0.15, 0.2) is 0 Å². The van der Waals surface area contributed by atoms with Gasteiger partial charge in [-0.1, -0.05) is 6.07 Å². The molecule has 18 heavy (non-hydrogen) atoms. The Hall–Kier alpha value is -2.03. The zero-order chi connectivity index (χ0) is 12.4. The maximum absolute atomic E-state index is 5.27. The maximum Gasteiger partial charge on any atom is 0.119 e. The predicted octanol–water partition coefficient (Wildman–Crippen LogP) is 2.65. The number of rotatable bonds is 2. The molecule has 0 bridgehead atoms. The fourth-order valence-corrected chi connectivity index (χ4v) is 2.43. The zero-order valence-corrected chi connectivity index (χ0v) is 10.5.